The third-order valence-corrected chi connectivity index (χ3v) is 9.61. The van der Waals surface area contributed by atoms with Gasteiger partial charge in [-0.3, -0.25) is 0 Å². The number of nitrogens with one attached hydrogen (secondary N) is 1. The van der Waals surface area contributed by atoms with Gasteiger partial charge in [-0.1, -0.05) is 12.1 Å². The largest absolute Gasteiger partial charge is 0.402 e. The number of benzene rings is 2. The third kappa shape index (κ3) is 4.24. The van der Waals surface area contributed by atoms with E-state index in [4.69, 9.17) is 0 Å². The van der Waals surface area contributed by atoms with Crippen molar-refractivity contribution in [3.8, 4) is 22.8 Å². The molecule has 6 rings (SSSR count). The number of aryl methyl sites for hydroxylation is 1. The number of fused-ring (bicyclic) bond motifs is 1. The monoisotopic (exact) mass is 535 g/mol. The number of hydrogen-bond acceptors (Lipinski definition) is 4. The molecule has 2 aliphatic carbocycles. The molecule has 0 amide bonds. The summed E-state index contributed by atoms with van der Waals surface area (Å²) < 4.78 is 82.9. The van der Waals surface area contributed by atoms with Crippen molar-refractivity contribution in [3.63, 3.8) is 0 Å². The van der Waals surface area contributed by atoms with Gasteiger partial charge in [0, 0.05) is 24.7 Å². The zero-order chi connectivity index (χ0) is 26.2. The van der Waals surface area contributed by atoms with Gasteiger partial charge in [0.05, 0.1) is 5.54 Å². The van der Waals surface area contributed by atoms with Crippen LogP contribution >= 0.6 is 0 Å². The van der Waals surface area contributed by atoms with Gasteiger partial charge in [-0.2, -0.15) is 35.7 Å². The molecule has 3 aromatic rings. The number of halogens is 4. The summed E-state index contributed by atoms with van der Waals surface area (Å²) in [6.07, 6.45) is -1.96. The molecule has 0 radical (unpaired) electrons. The normalized spacial score (nSPS) is 26.9. The van der Waals surface area contributed by atoms with Crippen LogP contribution in [0.2, 0.25) is 0 Å². The Bertz CT molecular complexity index is 1470. The van der Waals surface area contributed by atoms with Gasteiger partial charge in [0.25, 0.3) is 10.2 Å². The summed E-state index contributed by atoms with van der Waals surface area (Å²) in [6, 6.07) is 11.9. The minimum atomic E-state index is -4.61. The lowest BCUT2D eigenvalue weighted by atomic mass is 9.79. The molecule has 1 saturated heterocycles. The van der Waals surface area contributed by atoms with E-state index in [1.807, 2.05) is 18.2 Å². The highest BCUT2D eigenvalue weighted by Crippen LogP contribution is 2.50. The van der Waals surface area contributed by atoms with Gasteiger partial charge in [-0.15, -0.1) is 0 Å². The van der Waals surface area contributed by atoms with Crippen LogP contribution in [0.25, 0.3) is 22.8 Å². The van der Waals surface area contributed by atoms with E-state index in [0.29, 0.717) is 28.8 Å². The molecular weight excluding hydrogens is 510 g/mol. The van der Waals surface area contributed by atoms with Crippen molar-refractivity contribution >= 4 is 10.2 Å². The average Bonchev–Trinajstić information content (AvgIpc) is 3.38. The molecule has 1 N–H and O–H groups in total. The van der Waals surface area contributed by atoms with Gasteiger partial charge >= 0.3 is 6.18 Å². The Kier molecular flexibility index (Phi) is 5.52. The molecule has 2 aromatic carbocycles. The van der Waals surface area contributed by atoms with Crippen molar-refractivity contribution in [2.45, 2.75) is 37.4 Å². The lowest BCUT2D eigenvalue weighted by Gasteiger charge is -2.33. The van der Waals surface area contributed by atoms with Crippen LogP contribution in [0.4, 0.5) is 17.6 Å². The standard InChI is InChI=1S/C25H25F4N5O2S/c1-33-23(15-4-8-21(26)9-5-15)30-22(31-33)17-3-2-16-11-19-6-7-20(12-18(16)10-17)24(19)13-34(14-25(27,28)29)37(35,36)32-24/h2-5,8-10,19-20,32H,6-7,11-14H2,1H3. The fourth-order valence-electron chi connectivity index (χ4n) is 6.34. The molecule has 12 heteroatoms. The van der Waals surface area contributed by atoms with E-state index < -0.39 is 28.5 Å². The van der Waals surface area contributed by atoms with E-state index >= 15 is 0 Å². The first-order chi connectivity index (χ1) is 17.4. The van der Waals surface area contributed by atoms with E-state index in [2.05, 4.69) is 14.8 Å². The van der Waals surface area contributed by atoms with E-state index in [-0.39, 0.29) is 24.2 Å². The molecule has 37 heavy (non-hydrogen) atoms. The highest BCUT2D eigenvalue weighted by atomic mass is 32.2. The van der Waals surface area contributed by atoms with Crippen molar-refractivity contribution in [3.05, 3.63) is 59.4 Å². The lowest BCUT2D eigenvalue weighted by molar-refractivity contribution is -0.136. The first-order valence-electron chi connectivity index (χ1n) is 12.1. The molecule has 1 saturated carbocycles. The van der Waals surface area contributed by atoms with Crippen LogP contribution in [0, 0.1) is 17.7 Å². The van der Waals surface area contributed by atoms with Crippen LogP contribution in [0.1, 0.15) is 24.0 Å². The molecule has 2 fully saturated rings. The molecule has 7 nitrogen and oxygen atoms in total. The topological polar surface area (TPSA) is 80.1 Å². The Morgan fingerprint density at radius 3 is 2.35 bits per heavy atom. The van der Waals surface area contributed by atoms with Gasteiger partial charge in [-0.05, 0) is 79.0 Å². The second kappa shape index (κ2) is 8.34. The molecule has 196 valence electrons. The van der Waals surface area contributed by atoms with E-state index in [1.165, 1.54) is 12.1 Å². The van der Waals surface area contributed by atoms with Crippen LogP contribution in [-0.2, 0) is 30.1 Å². The zero-order valence-corrected chi connectivity index (χ0v) is 20.8. The van der Waals surface area contributed by atoms with Gasteiger partial charge in [0.15, 0.2) is 11.6 Å². The van der Waals surface area contributed by atoms with Crippen molar-refractivity contribution in [1.82, 2.24) is 23.8 Å². The maximum absolute atomic E-state index is 13.3. The third-order valence-electron chi connectivity index (χ3n) is 8.04. The summed E-state index contributed by atoms with van der Waals surface area (Å²) >= 11 is 0. The fraction of sp³-hybridized carbons (Fsp3) is 0.440. The van der Waals surface area contributed by atoms with Gasteiger partial charge in [0.2, 0.25) is 0 Å². The number of alkyl halides is 3. The van der Waals surface area contributed by atoms with Crippen LogP contribution in [-0.4, -0.2) is 52.3 Å². The summed E-state index contributed by atoms with van der Waals surface area (Å²) in [6.45, 7) is -1.66. The average molecular weight is 536 g/mol. The summed E-state index contributed by atoms with van der Waals surface area (Å²) in [5, 5.41) is 4.54. The van der Waals surface area contributed by atoms with Gasteiger partial charge in [0.1, 0.15) is 12.4 Å². The molecule has 2 bridgehead atoms. The lowest BCUT2D eigenvalue weighted by Crippen LogP contribution is -2.52. The Morgan fingerprint density at radius 2 is 1.68 bits per heavy atom. The Hall–Kier alpha value is -2.83. The van der Waals surface area contributed by atoms with Crippen molar-refractivity contribution in [1.29, 1.82) is 0 Å². The molecule has 1 aromatic heterocycles. The highest BCUT2D eigenvalue weighted by Gasteiger charge is 2.60. The summed E-state index contributed by atoms with van der Waals surface area (Å²) in [5.74, 6) is 0.555. The van der Waals surface area contributed by atoms with Crippen molar-refractivity contribution < 1.29 is 26.0 Å². The number of rotatable bonds is 3. The minimum absolute atomic E-state index is 0.0873. The first-order valence-corrected chi connectivity index (χ1v) is 13.5. The molecule has 3 unspecified atom stereocenters. The molecule has 3 atom stereocenters. The number of aromatic nitrogens is 3. The van der Waals surface area contributed by atoms with Crippen molar-refractivity contribution in [2.24, 2.45) is 18.9 Å². The number of nitrogens with zero attached hydrogens (tertiary/aromatic N) is 4. The maximum atomic E-state index is 13.3. The summed E-state index contributed by atoms with van der Waals surface area (Å²) in [5.41, 5.74) is 2.71. The second-order valence-corrected chi connectivity index (χ2v) is 12.0. The predicted octanol–water partition coefficient (Wildman–Crippen LogP) is 3.86. The number of hydrogen-bond donors (Lipinski definition) is 1. The second-order valence-electron chi connectivity index (χ2n) is 10.3. The van der Waals surface area contributed by atoms with E-state index in [9.17, 15) is 26.0 Å². The summed E-state index contributed by atoms with van der Waals surface area (Å²) in [7, 11) is -2.46. The van der Waals surface area contributed by atoms with E-state index in [0.717, 1.165) is 35.1 Å². The maximum Gasteiger partial charge on any atom is 0.402 e. The molecule has 3 aliphatic rings. The zero-order valence-electron chi connectivity index (χ0n) is 20.0. The van der Waals surface area contributed by atoms with Crippen LogP contribution in [0.15, 0.2) is 42.5 Å². The van der Waals surface area contributed by atoms with Gasteiger partial charge in [-0.25, -0.2) is 14.1 Å². The Balaban J connectivity index is 1.31. The molecule has 1 spiro atoms. The van der Waals surface area contributed by atoms with Crippen LogP contribution in [0.3, 0.4) is 0 Å². The van der Waals surface area contributed by atoms with Crippen LogP contribution < -0.4 is 4.72 Å². The van der Waals surface area contributed by atoms with Crippen LogP contribution in [0.5, 0.6) is 0 Å². The minimum Gasteiger partial charge on any atom is -0.248 e. The predicted molar refractivity (Wildman–Crippen MR) is 128 cm³/mol. The smallest absolute Gasteiger partial charge is 0.248 e. The van der Waals surface area contributed by atoms with E-state index in [1.54, 1.807) is 23.9 Å². The molecule has 2 heterocycles. The Morgan fingerprint density at radius 1 is 1.03 bits per heavy atom. The quantitative estimate of drug-likeness (QED) is 0.517. The fourth-order valence-corrected chi connectivity index (χ4v) is 8.05. The summed E-state index contributed by atoms with van der Waals surface area (Å²) in [4.78, 5) is 4.66. The molecule has 1 aliphatic heterocycles. The van der Waals surface area contributed by atoms with Gasteiger partial charge < -0.3 is 0 Å². The molecular formula is C25H25F4N5O2S. The SMILES string of the molecule is Cn1nc(-c2ccc3c(c2)CC2CCC(C3)C23CN(CC(F)(F)F)S(=O)(=O)N3)nc1-c1ccc(F)cc1. The van der Waals surface area contributed by atoms with Crippen molar-refractivity contribution in [2.75, 3.05) is 13.1 Å². The highest BCUT2D eigenvalue weighted by molar-refractivity contribution is 7.87. The first kappa shape index (κ1) is 24.5. The Labute approximate surface area is 211 Å².